The first-order chi connectivity index (χ1) is 17.0. The van der Waals surface area contributed by atoms with E-state index in [-0.39, 0.29) is 5.69 Å². The Morgan fingerprint density at radius 1 is 1.11 bits per heavy atom. The zero-order valence-corrected chi connectivity index (χ0v) is 20.0. The Kier molecular flexibility index (Phi) is 7.12. The van der Waals surface area contributed by atoms with E-state index in [2.05, 4.69) is 15.3 Å². The zero-order valence-electron chi connectivity index (χ0n) is 20.0. The van der Waals surface area contributed by atoms with Crippen LogP contribution in [0.15, 0.2) is 48.8 Å². The van der Waals surface area contributed by atoms with Crippen LogP contribution in [0.4, 0.5) is 18.9 Å². The first-order valence-electron chi connectivity index (χ1n) is 11.4. The van der Waals surface area contributed by atoms with Crippen molar-refractivity contribution in [3.05, 3.63) is 77.5 Å². The van der Waals surface area contributed by atoms with Crippen molar-refractivity contribution >= 4 is 11.6 Å². The van der Waals surface area contributed by atoms with Crippen molar-refractivity contribution in [1.29, 1.82) is 0 Å². The van der Waals surface area contributed by atoms with Gasteiger partial charge in [-0.3, -0.25) is 9.78 Å². The lowest BCUT2D eigenvalue weighted by Gasteiger charge is -2.44. The molecule has 7 nitrogen and oxygen atoms in total. The number of anilines is 1. The van der Waals surface area contributed by atoms with E-state index in [0.717, 1.165) is 30.3 Å². The summed E-state index contributed by atoms with van der Waals surface area (Å²) in [5.74, 6) is -3.73. The molecule has 10 heteroatoms. The number of aliphatic hydroxyl groups excluding tert-OH is 1. The van der Waals surface area contributed by atoms with Crippen molar-refractivity contribution in [2.45, 2.75) is 51.5 Å². The molecule has 0 saturated carbocycles. The number of amides is 1. The Morgan fingerprint density at radius 2 is 1.81 bits per heavy atom. The summed E-state index contributed by atoms with van der Waals surface area (Å²) in [4.78, 5) is 21.0. The normalized spacial score (nSPS) is 22.3. The van der Waals surface area contributed by atoms with Crippen LogP contribution in [0.25, 0.3) is 11.3 Å². The van der Waals surface area contributed by atoms with Gasteiger partial charge in [-0.1, -0.05) is 26.8 Å². The number of benzene rings is 1. The molecule has 0 aliphatic carbocycles. The van der Waals surface area contributed by atoms with Crippen molar-refractivity contribution < 1.29 is 27.8 Å². The summed E-state index contributed by atoms with van der Waals surface area (Å²) in [6, 6.07) is 6.25. The summed E-state index contributed by atoms with van der Waals surface area (Å²) in [6.45, 7) is 5.80. The monoisotopic (exact) mass is 500 g/mol. The van der Waals surface area contributed by atoms with Gasteiger partial charge in [-0.2, -0.15) is 0 Å². The molecule has 1 saturated heterocycles. The number of carbonyl (C=O) groups is 1. The van der Waals surface area contributed by atoms with Crippen molar-refractivity contribution in [3.8, 4) is 11.3 Å². The fourth-order valence-corrected chi connectivity index (χ4v) is 4.29. The van der Waals surface area contributed by atoms with Gasteiger partial charge in [0.1, 0.15) is 28.8 Å². The maximum atomic E-state index is 14.4. The molecule has 1 aliphatic heterocycles. The molecular weight excluding hydrogens is 473 g/mol. The molecule has 0 unspecified atom stereocenters. The van der Waals surface area contributed by atoms with Crippen LogP contribution < -0.4 is 11.1 Å². The predicted molar refractivity (Wildman–Crippen MR) is 127 cm³/mol. The second-order valence-electron chi connectivity index (χ2n) is 9.84. The van der Waals surface area contributed by atoms with Gasteiger partial charge in [0.2, 0.25) is 0 Å². The molecule has 1 fully saturated rings. The molecule has 0 bridgehead atoms. The highest BCUT2D eigenvalue weighted by atomic mass is 19.1. The zero-order chi connectivity index (χ0) is 26.2. The second kappa shape index (κ2) is 9.96. The van der Waals surface area contributed by atoms with Crippen molar-refractivity contribution in [2.75, 3.05) is 5.32 Å². The number of aromatic nitrogens is 2. The van der Waals surface area contributed by atoms with Crippen LogP contribution >= 0.6 is 0 Å². The summed E-state index contributed by atoms with van der Waals surface area (Å²) < 4.78 is 49.1. The number of nitrogens with one attached hydrogen (secondary N) is 1. The Hall–Kier alpha value is -3.34. The van der Waals surface area contributed by atoms with Crippen LogP contribution in [0, 0.1) is 22.9 Å². The summed E-state index contributed by atoms with van der Waals surface area (Å²) in [7, 11) is 0. The largest absolute Gasteiger partial charge is 0.389 e. The van der Waals surface area contributed by atoms with Gasteiger partial charge in [0.25, 0.3) is 5.91 Å². The Morgan fingerprint density at radius 3 is 2.47 bits per heavy atom. The number of halogens is 3. The number of nitrogens with two attached hydrogens (primary N) is 1. The van der Waals surface area contributed by atoms with Crippen LogP contribution in [-0.2, 0) is 4.74 Å². The number of aliphatic hydroxyl groups is 1. The lowest BCUT2D eigenvalue weighted by atomic mass is 9.79. The molecule has 0 radical (unpaired) electrons. The number of nitrogens with zero attached hydrogens (tertiary/aromatic N) is 2. The van der Waals surface area contributed by atoms with Crippen LogP contribution in [0.1, 0.15) is 49.3 Å². The van der Waals surface area contributed by atoms with E-state index in [1.165, 1.54) is 12.4 Å². The highest BCUT2D eigenvalue weighted by molar-refractivity contribution is 6.03. The van der Waals surface area contributed by atoms with Crippen LogP contribution in [0.2, 0.25) is 0 Å². The van der Waals surface area contributed by atoms with Gasteiger partial charge < -0.3 is 20.9 Å². The van der Waals surface area contributed by atoms with Gasteiger partial charge in [0.15, 0.2) is 0 Å². The third kappa shape index (κ3) is 5.11. The van der Waals surface area contributed by atoms with E-state index >= 15 is 0 Å². The van der Waals surface area contributed by atoms with Gasteiger partial charge in [0.05, 0.1) is 35.8 Å². The molecular formula is C26H27F3N4O3. The lowest BCUT2D eigenvalue weighted by Crippen LogP contribution is -2.54. The van der Waals surface area contributed by atoms with Crippen molar-refractivity contribution in [2.24, 2.45) is 11.1 Å². The van der Waals surface area contributed by atoms with Gasteiger partial charge >= 0.3 is 0 Å². The first kappa shape index (κ1) is 25.7. The van der Waals surface area contributed by atoms with Gasteiger partial charge in [0, 0.05) is 17.8 Å². The fraction of sp³-hybridized carbons (Fsp3) is 0.346. The van der Waals surface area contributed by atoms with Crippen LogP contribution in [0.3, 0.4) is 0 Å². The summed E-state index contributed by atoms with van der Waals surface area (Å²) in [5.41, 5.74) is 5.15. The lowest BCUT2D eigenvalue weighted by molar-refractivity contribution is -0.167. The molecule has 3 heterocycles. The minimum absolute atomic E-state index is 0.256. The number of ether oxygens (including phenoxy) is 1. The maximum absolute atomic E-state index is 14.4. The molecule has 1 aliphatic rings. The molecule has 4 N–H and O–H groups in total. The highest BCUT2D eigenvalue weighted by Crippen LogP contribution is 2.40. The number of hydrogen-bond donors (Lipinski definition) is 3. The van der Waals surface area contributed by atoms with E-state index in [1.807, 2.05) is 20.8 Å². The molecule has 4 rings (SSSR count). The SMILES string of the molecule is CC(C)(C)[C@H]1O[C@@H](c2ccncc2NC(=O)c2ccc(F)c(-c3c(F)cccc3F)n2)C[C@@H](N)[C@@H]1O. The van der Waals surface area contributed by atoms with E-state index in [4.69, 9.17) is 10.5 Å². The van der Waals surface area contributed by atoms with Crippen LogP contribution in [-0.4, -0.2) is 39.2 Å². The second-order valence-corrected chi connectivity index (χ2v) is 9.84. The number of carbonyl (C=O) groups excluding carboxylic acids is 1. The molecule has 0 spiro atoms. The van der Waals surface area contributed by atoms with Gasteiger partial charge in [-0.25, -0.2) is 18.2 Å². The van der Waals surface area contributed by atoms with E-state index in [1.54, 1.807) is 6.07 Å². The minimum Gasteiger partial charge on any atom is -0.389 e. The topological polar surface area (TPSA) is 110 Å². The third-order valence-electron chi connectivity index (χ3n) is 6.13. The molecule has 1 amide bonds. The first-order valence-corrected chi connectivity index (χ1v) is 11.4. The van der Waals surface area contributed by atoms with E-state index < -0.39 is 64.4 Å². The number of pyridine rings is 2. The third-order valence-corrected chi connectivity index (χ3v) is 6.13. The predicted octanol–water partition coefficient (Wildman–Crippen LogP) is 4.38. The Bertz CT molecular complexity index is 1260. The summed E-state index contributed by atoms with van der Waals surface area (Å²) >= 11 is 0. The smallest absolute Gasteiger partial charge is 0.274 e. The van der Waals surface area contributed by atoms with E-state index in [9.17, 15) is 23.1 Å². The molecule has 4 atom stereocenters. The van der Waals surface area contributed by atoms with Gasteiger partial charge in [-0.05, 0) is 42.2 Å². The average molecular weight is 501 g/mol. The van der Waals surface area contributed by atoms with Crippen molar-refractivity contribution in [3.63, 3.8) is 0 Å². The molecule has 1 aromatic carbocycles. The molecule has 36 heavy (non-hydrogen) atoms. The summed E-state index contributed by atoms with van der Waals surface area (Å²) in [6.07, 6.45) is 1.29. The number of rotatable bonds is 4. The average Bonchev–Trinajstić information content (AvgIpc) is 2.81. The standard InChI is InChI=1S/C26H27F3N4O3/c1-26(2,3)24-23(34)17(30)11-20(36-24)13-9-10-31-12-19(13)33-25(35)18-8-7-16(29)22(32-18)21-14(27)5-4-6-15(21)28/h4-10,12,17,20,23-24,34H,11,30H2,1-3H3,(H,33,35)/t17-,20-,23+,24+/m1/s1. The molecule has 190 valence electrons. The highest BCUT2D eigenvalue weighted by Gasteiger charge is 2.43. The minimum atomic E-state index is -1.00. The Labute approximate surface area is 206 Å². The fourth-order valence-electron chi connectivity index (χ4n) is 4.29. The summed E-state index contributed by atoms with van der Waals surface area (Å²) in [5, 5.41) is 13.2. The van der Waals surface area contributed by atoms with Gasteiger partial charge in [-0.15, -0.1) is 0 Å². The Balaban J connectivity index is 1.64. The quantitative estimate of drug-likeness (QED) is 0.491. The van der Waals surface area contributed by atoms with Crippen molar-refractivity contribution in [1.82, 2.24) is 9.97 Å². The number of hydrogen-bond acceptors (Lipinski definition) is 6. The van der Waals surface area contributed by atoms with E-state index in [0.29, 0.717) is 17.7 Å². The maximum Gasteiger partial charge on any atom is 0.274 e. The van der Waals surface area contributed by atoms with Crippen LogP contribution in [0.5, 0.6) is 0 Å². The molecule has 2 aromatic heterocycles. The molecule has 3 aromatic rings.